The summed E-state index contributed by atoms with van der Waals surface area (Å²) >= 11 is 0. The molecule has 7 heteroatoms. The van der Waals surface area contributed by atoms with Gasteiger partial charge < -0.3 is 20.1 Å². The predicted octanol–water partition coefficient (Wildman–Crippen LogP) is 6.47. The Hall–Kier alpha value is -3.71. The summed E-state index contributed by atoms with van der Waals surface area (Å²) in [4.78, 5) is 32.8. The lowest BCUT2D eigenvalue weighted by Crippen LogP contribution is -2.31. The number of fused-ring (bicyclic) bond motifs is 1. The van der Waals surface area contributed by atoms with Crippen LogP contribution in [0.4, 0.5) is 5.69 Å². The summed E-state index contributed by atoms with van der Waals surface area (Å²) < 4.78 is 6.19. The van der Waals surface area contributed by atoms with E-state index in [0.29, 0.717) is 35.2 Å². The number of ether oxygens (including phenoxy) is 1. The van der Waals surface area contributed by atoms with Crippen molar-refractivity contribution < 1.29 is 19.4 Å². The minimum absolute atomic E-state index is 0.142. The lowest BCUT2D eigenvalue weighted by atomic mass is 9.93. The van der Waals surface area contributed by atoms with Crippen LogP contribution in [0.2, 0.25) is 0 Å². The first-order chi connectivity index (χ1) is 19.5. The van der Waals surface area contributed by atoms with Gasteiger partial charge >= 0.3 is 5.97 Å². The molecular formula is C34H41N3O4. The van der Waals surface area contributed by atoms with Crippen molar-refractivity contribution in [2.75, 3.05) is 18.0 Å². The highest BCUT2D eigenvalue weighted by Crippen LogP contribution is 2.47. The SMILES string of the molecule is Cc1nc(C)c(C(OC(C)(C)C)C(=O)O)c(N2CC3CCCC3C2)c1-c1ccc(C(=O)NCc2ccccc2)cc1. The number of carboxylic acid groups (broad SMARTS) is 1. The molecule has 1 saturated carbocycles. The van der Waals surface area contributed by atoms with Gasteiger partial charge in [0.2, 0.25) is 0 Å². The fourth-order valence-electron chi connectivity index (χ4n) is 6.51. The van der Waals surface area contributed by atoms with Gasteiger partial charge in [-0.3, -0.25) is 9.78 Å². The molecule has 2 fully saturated rings. The molecule has 7 nitrogen and oxygen atoms in total. The van der Waals surface area contributed by atoms with Crippen molar-refractivity contribution in [3.63, 3.8) is 0 Å². The average molecular weight is 556 g/mol. The van der Waals surface area contributed by atoms with E-state index in [1.165, 1.54) is 19.3 Å². The van der Waals surface area contributed by atoms with Gasteiger partial charge in [-0.1, -0.05) is 48.9 Å². The Labute approximate surface area is 242 Å². The molecule has 3 aromatic rings. The largest absolute Gasteiger partial charge is 0.479 e. The minimum atomic E-state index is -1.15. The molecule has 5 rings (SSSR count). The van der Waals surface area contributed by atoms with Crippen LogP contribution in [-0.2, 0) is 16.1 Å². The van der Waals surface area contributed by atoms with Crippen molar-refractivity contribution in [3.05, 3.63) is 82.7 Å². The van der Waals surface area contributed by atoms with Crippen LogP contribution in [0.15, 0.2) is 54.6 Å². The first kappa shape index (κ1) is 28.8. The molecule has 216 valence electrons. The molecule has 2 heterocycles. The molecule has 0 bridgehead atoms. The fourth-order valence-corrected chi connectivity index (χ4v) is 6.51. The van der Waals surface area contributed by atoms with Gasteiger partial charge in [0, 0.05) is 47.7 Å². The number of rotatable bonds is 8. The van der Waals surface area contributed by atoms with Crippen molar-refractivity contribution in [2.45, 2.75) is 72.1 Å². The summed E-state index contributed by atoms with van der Waals surface area (Å²) in [5, 5.41) is 13.4. The molecule has 1 aliphatic heterocycles. The number of amides is 1. The van der Waals surface area contributed by atoms with Crippen LogP contribution in [-0.4, -0.2) is 40.7 Å². The average Bonchev–Trinajstić information content (AvgIpc) is 3.53. The van der Waals surface area contributed by atoms with Crippen LogP contribution in [0.3, 0.4) is 0 Å². The maximum Gasteiger partial charge on any atom is 0.337 e. The van der Waals surface area contributed by atoms with Crippen LogP contribution in [0.25, 0.3) is 11.1 Å². The Morgan fingerprint density at radius 3 is 2.22 bits per heavy atom. The van der Waals surface area contributed by atoms with Gasteiger partial charge in [-0.2, -0.15) is 0 Å². The molecule has 2 N–H and O–H groups in total. The van der Waals surface area contributed by atoms with Gasteiger partial charge in [0.15, 0.2) is 6.10 Å². The van der Waals surface area contributed by atoms with E-state index >= 15 is 0 Å². The molecule has 0 spiro atoms. The van der Waals surface area contributed by atoms with Crippen molar-refractivity contribution in [3.8, 4) is 11.1 Å². The molecule has 2 aromatic carbocycles. The van der Waals surface area contributed by atoms with E-state index in [9.17, 15) is 14.7 Å². The number of aromatic nitrogens is 1. The number of carbonyl (C=O) groups excluding carboxylic acids is 1. The van der Waals surface area contributed by atoms with Gasteiger partial charge in [0.25, 0.3) is 5.91 Å². The molecule has 1 saturated heterocycles. The number of carboxylic acids is 1. The summed E-state index contributed by atoms with van der Waals surface area (Å²) in [5.41, 5.74) is 5.80. The number of nitrogens with zero attached hydrogens (tertiary/aromatic N) is 2. The number of hydrogen-bond acceptors (Lipinski definition) is 5. The van der Waals surface area contributed by atoms with Crippen molar-refractivity contribution >= 4 is 17.6 Å². The number of benzene rings is 2. The third kappa shape index (κ3) is 6.30. The fraction of sp³-hybridized carbons (Fsp3) is 0.441. The van der Waals surface area contributed by atoms with Gasteiger partial charge in [0.05, 0.1) is 11.3 Å². The van der Waals surface area contributed by atoms with Crippen LogP contribution in [0.1, 0.15) is 79.0 Å². The predicted molar refractivity (Wildman–Crippen MR) is 161 cm³/mol. The van der Waals surface area contributed by atoms with Crippen molar-refractivity contribution in [1.82, 2.24) is 10.3 Å². The molecule has 1 aliphatic carbocycles. The Bertz CT molecular complexity index is 1400. The molecule has 1 amide bonds. The highest BCUT2D eigenvalue weighted by atomic mass is 16.5. The summed E-state index contributed by atoms with van der Waals surface area (Å²) in [6.07, 6.45) is 2.53. The quantitative estimate of drug-likeness (QED) is 0.331. The standard InChI is InChI=1S/C34H41N3O4/c1-21-28(24-14-16-25(17-15-24)32(38)35-18-23-10-7-6-8-11-23)30(37-19-26-12-9-13-27(26)20-37)29(22(2)36-21)31(33(39)40)41-34(3,4)5/h6-8,10-11,14-17,26-27,31H,9,12-13,18-20H2,1-5H3,(H,35,38)(H,39,40). The first-order valence-electron chi connectivity index (χ1n) is 14.6. The van der Waals surface area contributed by atoms with E-state index < -0.39 is 17.7 Å². The Morgan fingerprint density at radius 2 is 1.63 bits per heavy atom. The zero-order valence-corrected chi connectivity index (χ0v) is 24.7. The molecular weight excluding hydrogens is 514 g/mol. The normalized spacial score (nSPS) is 19.2. The molecule has 0 radical (unpaired) electrons. The molecule has 3 unspecified atom stereocenters. The topological polar surface area (TPSA) is 91.8 Å². The van der Waals surface area contributed by atoms with E-state index in [-0.39, 0.29) is 5.91 Å². The second-order valence-corrected chi connectivity index (χ2v) is 12.5. The Balaban J connectivity index is 1.55. The smallest absolute Gasteiger partial charge is 0.337 e. The van der Waals surface area contributed by atoms with Gasteiger partial charge in [-0.05, 0) is 82.6 Å². The summed E-state index contributed by atoms with van der Waals surface area (Å²) in [5.74, 6) is 0.0709. The maximum atomic E-state index is 12.9. The number of carbonyl (C=O) groups is 2. The van der Waals surface area contributed by atoms with Crippen molar-refractivity contribution in [1.29, 1.82) is 0 Å². The van der Waals surface area contributed by atoms with Crippen molar-refractivity contribution in [2.24, 2.45) is 11.8 Å². The highest BCUT2D eigenvalue weighted by molar-refractivity contribution is 5.95. The third-order valence-electron chi connectivity index (χ3n) is 8.31. The molecule has 1 aromatic heterocycles. The number of aliphatic carboxylic acids is 1. The van der Waals surface area contributed by atoms with Crippen LogP contribution in [0.5, 0.6) is 0 Å². The van der Waals surface area contributed by atoms with Crippen LogP contribution < -0.4 is 10.2 Å². The first-order valence-corrected chi connectivity index (χ1v) is 14.6. The molecule has 2 aliphatic rings. The van der Waals surface area contributed by atoms with Gasteiger partial charge in [-0.25, -0.2) is 4.79 Å². The maximum absolute atomic E-state index is 12.9. The number of anilines is 1. The summed E-state index contributed by atoms with van der Waals surface area (Å²) in [7, 11) is 0. The number of hydrogen-bond donors (Lipinski definition) is 2. The Kier molecular flexibility index (Phi) is 8.18. The Morgan fingerprint density at radius 1 is 1.00 bits per heavy atom. The second kappa shape index (κ2) is 11.6. The van der Waals surface area contributed by atoms with E-state index in [0.717, 1.165) is 41.2 Å². The lowest BCUT2D eigenvalue weighted by molar-refractivity contribution is -0.160. The number of aryl methyl sites for hydroxylation is 2. The minimum Gasteiger partial charge on any atom is -0.479 e. The molecule has 3 atom stereocenters. The zero-order valence-electron chi connectivity index (χ0n) is 24.7. The monoisotopic (exact) mass is 555 g/mol. The van der Waals surface area contributed by atoms with Crippen LogP contribution in [0, 0.1) is 25.7 Å². The zero-order chi connectivity index (χ0) is 29.3. The molecule has 41 heavy (non-hydrogen) atoms. The van der Waals surface area contributed by atoms with E-state index in [4.69, 9.17) is 9.72 Å². The summed E-state index contributed by atoms with van der Waals surface area (Å²) in [6.45, 7) is 11.7. The third-order valence-corrected chi connectivity index (χ3v) is 8.31. The highest BCUT2D eigenvalue weighted by Gasteiger charge is 2.41. The summed E-state index contributed by atoms with van der Waals surface area (Å²) in [6, 6.07) is 17.4. The van der Waals surface area contributed by atoms with E-state index in [1.807, 2.05) is 89.2 Å². The lowest BCUT2D eigenvalue weighted by Gasteiger charge is -2.33. The van der Waals surface area contributed by atoms with E-state index in [2.05, 4.69) is 10.2 Å². The number of nitrogens with one attached hydrogen (secondary N) is 1. The van der Waals surface area contributed by atoms with Crippen LogP contribution >= 0.6 is 0 Å². The second-order valence-electron chi connectivity index (χ2n) is 12.5. The van der Waals surface area contributed by atoms with Gasteiger partial charge in [0.1, 0.15) is 0 Å². The number of pyridine rings is 1. The van der Waals surface area contributed by atoms with E-state index in [1.54, 1.807) is 0 Å². The van der Waals surface area contributed by atoms with Gasteiger partial charge in [-0.15, -0.1) is 0 Å².